The third-order valence-electron chi connectivity index (χ3n) is 7.94. The molecule has 0 saturated heterocycles. The first kappa shape index (κ1) is 24.5. The van der Waals surface area contributed by atoms with Crippen molar-refractivity contribution in [3.63, 3.8) is 0 Å². The number of nitrogens with zero attached hydrogens (tertiary/aromatic N) is 4. The minimum absolute atomic E-state index is 0.497. The zero-order chi connectivity index (χ0) is 29.0. The Kier molecular flexibility index (Phi) is 5.40. The number of rotatable bonds is 4. The molecule has 0 spiro atoms. The summed E-state index contributed by atoms with van der Waals surface area (Å²) in [4.78, 5) is 20.2. The molecular formula is C38H22N4O2. The van der Waals surface area contributed by atoms with Crippen molar-refractivity contribution < 1.29 is 8.83 Å². The van der Waals surface area contributed by atoms with Crippen LogP contribution in [0.1, 0.15) is 0 Å². The summed E-state index contributed by atoms with van der Waals surface area (Å²) in [6.45, 7) is 0. The molecule has 6 aromatic carbocycles. The summed E-state index contributed by atoms with van der Waals surface area (Å²) < 4.78 is 12.7. The van der Waals surface area contributed by atoms with Crippen LogP contribution in [0.3, 0.4) is 0 Å². The smallest absolute Gasteiger partial charge is 0.227 e. The summed E-state index contributed by atoms with van der Waals surface area (Å²) in [5, 5.41) is 4.11. The molecule has 9 rings (SSSR count). The molecule has 0 radical (unpaired) electrons. The number of fused-ring (bicyclic) bond motifs is 5. The maximum absolute atomic E-state index is 6.36. The van der Waals surface area contributed by atoms with E-state index in [9.17, 15) is 0 Å². The Labute approximate surface area is 251 Å². The number of benzene rings is 6. The Balaban J connectivity index is 1.38. The summed E-state index contributed by atoms with van der Waals surface area (Å²) in [5.41, 5.74) is 6.13. The second-order valence-corrected chi connectivity index (χ2v) is 10.7. The molecule has 0 aliphatic heterocycles. The van der Waals surface area contributed by atoms with Crippen molar-refractivity contribution in [3.8, 4) is 45.6 Å². The molecule has 206 valence electrons. The third-order valence-corrected chi connectivity index (χ3v) is 7.94. The molecule has 0 unspecified atom stereocenters. The van der Waals surface area contributed by atoms with Gasteiger partial charge in [-0.2, -0.15) is 0 Å². The van der Waals surface area contributed by atoms with E-state index < -0.39 is 0 Å². The van der Waals surface area contributed by atoms with E-state index in [1.54, 1.807) is 0 Å². The van der Waals surface area contributed by atoms with Crippen LogP contribution in [-0.2, 0) is 0 Å². The molecule has 44 heavy (non-hydrogen) atoms. The van der Waals surface area contributed by atoms with Crippen molar-refractivity contribution in [3.05, 3.63) is 133 Å². The minimum Gasteiger partial charge on any atom is -0.456 e. The summed E-state index contributed by atoms with van der Waals surface area (Å²) in [7, 11) is 0. The van der Waals surface area contributed by atoms with Crippen LogP contribution in [0.25, 0.3) is 89.4 Å². The topological polar surface area (TPSA) is 77.8 Å². The van der Waals surface area contributed by atoms with Crippen LogP contribution in [-0.4, -0.2) is 19.9 Å². The number of furan rings is 1. The lowest BCUT2D eigenvalue weighted by atomic mass is 10.0. The Bertz CT molecular complexity index is 2500. The largest absolute Gasteiger partial charge is 0.456 e. The van der Waals surface area contributed by atoms with Gasteiger partial charge in [0, 0.05) is 33.5 Å². The van der Waals surface area contributed by atoms with Crippen LogP contribution in [0.5, 0.6) is 0 Å². The Hall–Kier alpha value is -6.14. The van der Waals surface area contributed by atoms with Crippen LogP contribution in [0.2, 0.25) is 0 Å². The molecule has 0 bridgehead atoms. The molecule has 0 aliphatic rings. The van der Waals surface area contributed by atoms with E-state index >= 15 is 0 Å². The number of hydrogen-bond acceptors (Lipinski definition) is 6. The second kappa shape index (κ2) is 9.71. The van der Waals surface area contributed by atoms with Crippen LogP contribution in [0, 0.1) is 0 Å². The van der Waals surface area contributed by atoms with E-state index in [1.807, 2.05) is 97.1 Å². The molecule has 6 heteroatoms. The quantitative estimate of drug-likeness (QED) is 0.211. The van der Waals surface area contributed by atoms with Gasteiger partial charge in [-0.1, -0.05) is 103 Å². The number of oxazole rings is 1. The highest BCUT2D eigenvalue weighted by Gasteiger charge is 2.24. The summed E-state index contributed by atoms with van der Waals surface area (Å²) in [5.74, 6) is 2.16. The molecule has 0 N–H and O–H groups in total. The average molecular weight is 567 g/mol. The maximum atomic E-state index is 6.36. The highest BCUT2D eigenvalue weighted by Crippen LogP contribution is 2.42. The van der Waals surface area contributed by atoms with Gasteiger partial charge in [0.1, 0.15) is 16.7 Å². The standard InChI is InChI=1S/C38H22N4O2/c1-3-12-24(13-4-1)35-40-36(27-20-19-23-11-7-8-16-26(23)21-27)42-37(41-35)33-32-28-17-9-10-18-29(28)43-30(32)22-31-34(33)39-38(44-31)25-14-5-2-6-15-25/h1-22H. The van der Waals surface area contributed by atoms with Gasteiger partial charge in [-0.15, -0.1) is 0 Å². The molecule has 3 aromatic heterocycles. The molecule has 0 aliphatic carbocycles. The first-order chi connectivity index (χ1) is 21.8. The van der Waals surface area contributed by atoms with Crippen LogP contribution >= 0.6 is 0 Å². The first-order valence-corrected chi connectivity index (χ1v) is 14.4. The van der Waals surface area contributed by atoms with Gasteiger partial charge in [-0.05, 0) is 35.0 Å². The summed E-state index contributed by atoms with van der Waals surface area (Å²) >= 11 is 0. The summed E-state index contributed by atoms with van der Waals surface area (Å²) in [6.07, 6.45) is 0. The Morgan fingerprint density at radius 3 is 1.89 bits per heavy atom. The van der Waals surface area contributed by atoms with E-state index in [0.717, 1.165) is 49.4 Å². The van der Waals surface area contributed by atoms with Gasteiger partial charge >= 0.3 is 0 Å². The lowest BCUT2D eigenvalue weighted by Crippen LogP contribution is -2.01. The highest BCUT2D eigenvalue weighted by molar-refractivity contribution is 6.18. The van der Waals surface area contributed by atoms with Crippen molar-refractivity contribution >= 4 is 43.8 Å². The van der Waals surface area contributed by atoms with Gasteiger partial charge in [0.15, 0.2) is 23.1 Å². The van der Waals surface area contributed by atoms with Crippen molar-refractivity contribution in [1.29, 1.82) is 0 Å². The van der Waals surface area contributed by atoms with Crippen LogP contribution in [0.15, 0.2) is 142 Å². The first-order valence-electron chi connectivity index (χ1n) is 14.4. The fraction of sp³-hybridized carbons (Fsp3) is 0. The van der Waals surface area contributed by atoms with Gasteiger partial charge in [0.25, 0.3) is 0 Å². The Morgan fingerprint density at radius 1 is 0.409 bits per heavy atom. The van der Waals surface area contributed by atoms with E-state index in [4.69, 9.17) is 28.8 Å². The Morgan fingerprint density at radius 2 is 1.07 bits per heavy atom. The lowest BCUT2D eigenvalue weighted by molar-refractivity contribution is 0.617. The highest BCUT2D eigenvalue weighted by atomic mass is 16.4. The van der Waals surface area contributed by atoms with E-state index in [1.165, 1.54) is 0 Å². The molecule has 9 aromatic rings. The maximum Gasteiger partial charge on any atom is 0.227 e. The molecule has 0 amide bonds. The molecule has 0 atom stereocenters. The van der Waals surface area contributed by atoms with Gasteiger partial charge in [-0.25, -0.2) is 19.9 Å². The van der Waals surface area contributed by atoms with Crippen molar-refractivity contribution in [2.75, 3.05) is 0 Å². The number of para-hydroxylation sites is 1. The van der Waals surface area contributed by atoms with E-state index in [0.29, 0.717) is 40.0 Å². The van der Waals surface area contributed by atoms with Crippen LogP contribution < -0.4 is 0 Å². The zero-order valence-electron chi connectivity index (χ0n) is 23.3. The minimum atomic E-state index is 0.497. The molecule has 3 heterocycles. The van der Waals surface area contributed by atoms with Gasteiger partial charge in [0.2, 0.25) is 5.89 Å². The monoisotopic (exact) mass is 566 g/mol. The van der Waals surface area contributed by atoms with Crippen LogP contribution in [0.4, 0.5) is 0 Å². The van der Waals surface area contributed by atoms with Crippen molar-refractivity contribution in [2.24, 2.45) is 0 Å². The normalized spacial score (nSPS) is 11.6. The molecule has 0 fully saturated rings. The number of aromatic nitrogens is 4. The molecule has 6 nitrogen and oxygen atoms in total. The van der Waals surface area contributed by atoms with E-state index in [2.05, 4.69) is 36.4 Å². The fourth-order valence-corrected chi connectivity index (χ4v) is 5.85. The zero-order valence-corrected chi connectivity index (χ0v) is 23.3. The van der Waals surface area contributed by atoms with Crippen molar-refractivity contribution in [1.82, 2.24) is 19.9 Å². The summed E-state index contributed by atoms with van der Waals surface area (Å²) in [6, 6.07) is 44.3. The molecule has 0 saturated carbocycles. The fourth-order valence-electron chi connectivity index (χ4n) is 5.85. The van der Waals surface area contributed by atoms with Crippen molar-refractivity contribution in [2.45, 2.75) is 0 Å². The van der Waals surface area contributed by atoms with E-state index in [-0.39, 0.29) is 0 Å². The second-order valence-electron chi connectivity index (χ2n) is 10.7. The number of hydrogen-bond donors (Lipinski definition) is 0. The van der Waals surface area contributed by atoms with Gasteiger partial charge in [0.05, 0.1) is 5.56 Å². The predicted molar refractivity (Wildman–Crippen MR) is 174 cm³/mol. The molecular weight excluding hydrogens is 544 g/mol. The predicted octanol–water partition coefficient (Wildman–Crippen LogP) is 9.73. The lowest BCUT2D eigenvalue weighted by Gasteiger charge is -2.10. The van der Waals surface area contributed by atoms with Gasteiger partial charge in [-0.3, -0.25) is 0 Å². The third kappa shape index (κ3) is 3.96. The van der Waals surface area contributed by atoms with Gasteiger partial charge < -0.3 is 8.83 Å². The average Bonchev–Trinajstić information content (AvgIpc) is 3.69. The SMILES string of the molecule is c1ccc(-c2nc(-c3ccc4ccccc4c3)nc(-c3c4nc(-c5ccccc5)oc4cc4oc5ccccc5c34)n2)cc1.